The third-order valence-electron chi connectivity index (χ3n) is 4.10. The van der Waals surface area contributed by atoms with Crippen LogP contribution in [0.4, 0.5) is 0 Å². The van der Waals surface area contributed by atoms with Crippen LogP contribution in [0, 0.1) is 6.92 Å². The van der Waals surface area contributed by atoms with Crippen molar-refractivity contribution < 1.29 is 22.6 Å². The lowest BCUT2D eigenvalue weighted by molar-refractivity contribution is 0.0798. The summed E-state index contributed by atoms with van der Waals surface area (Å²) in [6, 6.07) is 12.3. The van der Waals surface area contributed by atoms with Gasteiger partial charge < -0.3 is 14.2 Å². The molecule has 1 aliphatic rings. The average molecular weight is 363 g/mol. The molecule has 7 heteroatoms. The van der Waals surface area contributed by atoms with Crippen LogP contribution in [0.5, 0.6) is 17.2 Å². The zero-order valence-electron chi connectivity index (χ0n) is 14.4. The summed E-state index contributed by atoms with van der Waals surface area (Å²) in [5.41, 5.74) is 0.636. The first kappa shape index (κ1) is 17.6. The fourth-order valence-electron chi connectivity index (χ4n) is 2.74. The molecule has 0 fully saturated rings. The van der Waals surface area contributed by atoms with Gasteiger partial charge in [-0.1, -0.05) is 12.1 Å². The molecule has 3 rings (SSSR count). The number of methoxy groups -OCH3 is 1. The maximum atomic E-state index is 12.9. The average Bonchev–Trinajstić information content (AvgIpc) is 2.61. The van der Waals surface area contributed by atoms with E-state index in [1.54, 1.807) is 39.3 Å². The monoisotopic (exact) mass is 363 g/mol. The first-order valence-electron chi connectivity index (χ1n) is 7.91. The lowest BCUT2D eigenvalue weighted by Gasteiger charge is -2.29. The predicted octanol–water partition coefficient (Wildman–Crippen LogP) is 2.46. The molecule has 0 saturated carbocycles. The van der Waals surface area contributed by atoms with Gasteiger partial charge in [-0.2, -0.15) is 4.31 Å². The zero-order valence-corrected chi connectivity index (χ0v) is 15.2. The maximum Gasteiger partial charge on any atom is 0.243 e. The van der Waals surface area contributed by atoms with Gasteiger partial charge in [-0.25, -0.2) is 8.42 Å². The molecular formula is C18H21NO5S. The standard InChI is InChI=1S/C18H21NO5S/c1-13-10-14(22-3)8-9-18(13)25(20,21)19(2)11-15-12-23-16-6-4-5-7-17(16)24-15/h4-10,15H,11-12H2,1-3H3. The number of benzene rings is 2. The second-order valence-electron chi connectivity index (χ2n) is 5.91. The summed E-state index contributed by atoms with van der Waals surface area (Å²) in [5, 5.41) is 0. The van der Waals surface area contributed by atoms with Crippen molar-refractivity contribution in [3.8, 4) is 17.2 Å². The summed E-state index contributed by atoms with van der Waals surface area (Å²) < 4.78 is 43.6. The molecule has 134 valence electrons. The Labute approximate surface area is 148 Å². The molecule has 0 N–H and O–H groups in total. The molecule has 1 atom stereocenters. The lowest BCUT2D eigenvalue weighted by Crippen LogP contribution is -2.41. The molecule has 0 amide bonds. The quantitative estimate of drug-likeness (QED) is 0.816. The first-order chi connectivity index (χ1) is 11.9. The fourth-order valence-corrected chi connectivity index (χ4v) is 4.15. The Hall–Kier alpha value is -2.25. The van der Waals surface area contributed by atoms with E-state index in [4.69, 9.17) is 14.2 Å². The molecule has 0 bridgehead atoms. The van der Waals surface area contributed by atoms with Gasteiger partial charge in [0.1, 0.15) is 18.5 Å². The van der Waals surface area contributed by atoms with Crippen LogP contribution < -0.4 is 14.2 Å². The molecule has 6 nitrogen and oxygen atoms in total. The normalized spacial score (nSPS) is 16.7. The van der Waals surface area contributed by atoms with Crippen molar-refractivity contribution >= 4 is 10.0 Å². The molecule has 1 heterocycles. The van der Waals surface area contributed by atoms with E-state index < -0.39 is 10.0 Å². The van der Waals surface area contributed by atoms with Gasteiger partial charge in [0.25, 0.3) is 0 Å². The Morgan fingerprint density at radius 2 is 1.92 bits per heavy atom. The second kappa shape index (κ2) is 6.93. The third-order valence-corrected chi connectivity index (χ3v) is 6.08. The number of aryl methyl sites for hydroxylation is 1. The number of sulfonamides is 1. The van der Waals surface area contributed by atoms with Crippen LogP contribution in [0.2, 0.25) is 0 Å². The molecule has 0 radical (unpaired) electrons. The van der Waals surface area contributed by atoms with E-state index in [0.29, 0.717) is 29.4 Å². The number of nitrogens with zero attached hydrogens (tertiary/aromatic N) is 1. The van der Waals surface area contributed by atoms with Crippen LogP contribution in [-0.4, -0.2) is 46.1 Å². The highest BCUT2D eigenvalue weighted by Gasteiger charge is 2.29. The van der Waals surface area contributed by atoms with Crippen LogP contribution in [0.1, 0.15) is 5.56 Å². The van der Waals surface area contributed by atoms with E-state index in [0.717, 1.165) is 0 Å². The number of likely N-dealkylation sites (N-methyl/N-ethyl adjacent to an activating group) is 1. The fraction of sp³-hybridized carbons (Fsp3) is 0.333. The third kappa shape index (κ3) is 3.57. The van der Waals surface area contributed by atoms with Crippen LogP contribution in [0.15, 0.2) is 47.4 Å². The molecule has 1 aliphatic heterocycles. The molecule has 2 aromatic rings. The minimum Gasteiger partial charge on any atom is -0.497 e. The molecule has 0 aromatic heterocycles. The van der Waals surface area contributed by atoms with Gasteiger partial charge in [-0.15, -0.1) is 0 Å². The highest BCUT2D eigenvalue weighted by atomic mass is 32.2. The van der Waals surface area contributed by atoms with Gasteiger partial charge in [-0.05, 0) is 42.8 Å². The highest BCUT2D eigenvalue weighted by molar-refractivity contribution is 7.89. The summed E-state index contributed by atoms with van der Waals surface area (Å²) in [5.74, 6) is 1.93. The Balaban J connectivity index is 1.75. The van der Waals surface area contributed by atoms with E-state index >= 15 is 0 Å². The largest absolute Gasteiger partial charge is 0.497 e. The maximum absolute atomic E-state index is 12.9. The van der Waals surface area contributed by atoms with Gasteiger partial charge in [0.05, 0.1) is 18.6 Å². The smallest absolute Gasteiger partial charge is 0.243 e. The van der Waals surface area contributed by atoms with Crippen molar-refractivity contribution in [2.75, 3.05) is 27.3 Å². The van der Waals surface area contributed by atoms with Crippen molar-refractivity contribution in [2.24, 2.45) is 0 Å². The van der Waals surface area contributed by atoms with E-state index in [1.807, 2.05) is 24.3 Å². The van der Waals surface area contributed by atoms with Crippen LogP contribution in [0.25, 0.3) is 0 Å². The van der Waals surface area contributed by atoms with E-state index in [-0.39, 0.29) is 17.5 Å². The number of para-hydroxylation sites is 2. The number of ether oxygens (including phenoxy) is 3. The Kier molecular flexibility index (Phi) is 4.87. The van der Waals surface area contributed by atoms with Crippen molar-refractivity contribution in [2.45, 2.75) is 17.9 Å². The zero-order chi connectivity index (χ0) is 18.0. The molecule has 0 aliphatic carbocycles. The summed E-state index contributed by atoms with van der Waals surface area (Å²) in [7, 11) is -0.536. The summed E-state index contributed by atoms with van der Waals surface area (Å²) in [6.07, 6.45) is -0.367. The van der Waals surface area contributed by atoms with Crippen molar-refractivity contribution in [3.05, 3.63) is 48.0 Å². The molecule has 2 aromatic carbocycles. The van der Waals surface area contributed by atoms with E-state index in [2.05, 4.69) is 0 Å². The minimum absolute atomic E-state index is 0.197. The van der Waals surface area contributed by atoms with E-state index in [9.17, 15) is 8.42 Å². The summed E-state index contributed by atoms with van der Waals surface area (Å²) in [6.45, 7) is 2.25. The van der Waals surface area contributed by atoms with Gasteiger partial charge in [0.15, 0.2) is 11.5 Å². The molecule has 1 unspecified atom stereocenters. The molecule has 25 heavy (non-hydrogen) atoms. The number of fused-ring (bicyclic) bond motifs is 1. The highest BCUT2D eigenvalue weighted by Crippen LogP contribution is 2.31. The van der Waals surface area contributed by atoms with Gasteiger partial charge >= 0.3 is 0 Å². The SMILES string of the molecule is COc1ccc(S(=O)(=O)N(C)CC2COc3ccccc3O2)c(C)c1. The molecule has 0 saturated heterocycles. The van der Waals surface area contributed by atoms with Crippen molar-refractivity contribution in [3.63, 3.8) is 0 Å². The van der Waals surface area contributed by atoms with Crippen LogP contribution in [-0.2, 0) is 10.0 Å². The second-order valence-corrected chi connectivity index (χ2v) is 7.93. The van der Waals surface area contributed by atoms with Crippen molar-refractivity contribution in [1.82, 2.24) is 4.31 Å². The topological polar surface area (TPSA) is 65.1 Å². The van der Waals surface area contributed by atoms with Crippen LogP contribution in [0.3, 0.4) is 0 Å². The Morgan fingerprint density at radius 3 is 2.60 bits per heavy atom. The summed E-state index contributed by atoms with van der Waals surface area (Å²) >= 11 is 0. The van der Waals surface area contributed by atoms with Gasteiger partial charge in [0, 0.05) is 7.05 Å². The lowest BCUT2D eigenvalue weighted by atomic mass is 10.2. The minimum atomic E-state index is -3.63. The first-order valence-corrected chi connectivity index (χ1v) is 9.35. The van der Waals surface area contributed by atoms with Crippen molar-refractivity contribution in [1.29, 1.82) is 0 Å². The van der Waals surface area contributed by atoms with Crippen LogP contribution >= 0.6 is 0 Å². The Morgan fingerprint density at radius 1 is 1.20 bits per heavy atom. The summed E-state index contributed by atoms with van der Waals surface area (Å²) in [4.78, 5) is 0.257. The molecule has 0 spiro atoms. The number of hydrogen-bond acceptors (Lipinski definition) is 5. The Bertz CT molecular complexity index is 866. The number of rotatable bonds is 5. The number of hydrogen-bond donors (Lipinski definition) is 0. The van der Waals surface area contributed by atoms with E-state index in [1.165, 1.54) is 4.31 Å². The molecular weight excluding hydrogens is 342 g/mol. The van der Waals surface area contributed by atoms with Gasteiger partial charge in [-0.3, -0.25) is 0 Å². The van der Waals surface area contributed by atoms with Gasteiger partial charge in [0.2, 0.25) is 10.0 Å². The predicted molar refractivity (Wildman–Crippen MR) is 93.9 cm³/mol.